The van der Waals surface area contributed by atoms with Gasteiger partial charge in [0.2, 0.25) is 5.91 Å². The standard InChI is InChI=1S/C19H34N2O3/c1-12-5-3-7-14-10-16(21-18(12)14)19(23)20-11-17(22)13-6-4-8-15(9-13)24-2/h12-18,21-22H,3-11H2,1-2H3,(H,20,23). The molecule has 0 spiro atoms. The second kappa shape index (κ2) is 8.15. The molecule has 5 nitrogen and oxygen atoms in total. The predicted octanol–water partition coefficient (Wildman–Crippen LogP) is 1.84. The first-order valence-corrected chi connectivity index (χ1v) is 9.83. The number of fused-ring (bicyclic) bond motifs is 1. The molecule has 3 fully saturated rings. The normalized spacial score (nSPS) is 40.8. The van der Waals surface area contributed by atoms with Crippen molar-refractivity contribution in [1.29, 1.82) is 0 Å². The highest BCUT2D eigenvalue weighted by Crippen LogP contribution is 2.36. The van der Waals surface area contributed by atoms with E-state index in [0.717, 1.165) is 32.1 Å². The van der Waals surface area contributed by atoms with Crippen molar-refractivity contribution >= 4 is 5.91 Å². The minimum absolute atomic E-state index is 0.0646. The van der Waals surface area contributed by atoms with Crippen molar-refractivity contribution in [2.75, 3.05) is 13.7 Å². The summed E-state index contributed by atoms with van der Waals surface area (Å²) in [4.78, 5) is 12.5. The number of carbonyl (C=O) groups is 1. The molecule has 3 N–H and O–H groups in total. The van der Waals surface area contributed by atoms with Gasteiger partial charge < -0.3 is 20.5 Å². The fraction of sp³-hybridized carbons (Fsp3) is 0.947. The Hall–Kier alpha value is -0.650. The van der Waals surface area contributed by atoms with Gasteiger partial charge in [-0.1, -0.05) is 19.8 Å². The van der Waals surface area contributed by atoms with Crippen LogP contribution in [0.3, 0.4) is 0 Å². The zero-order chi connectivity index (χ0) is 17.1. The molecule has 24 heavy (non-hydrogen) atoms. The lowest BCUT2D eigenvalue weighted by molar-refractivity contribution is -0.123. The summed E-state index contributed by atoms with van der Waals surface area (Å²) in [6, 6.07) is 0.422. The molecule has 7 atom stereocenters. The summed E-state index contributed by atoms with van der Waals surface area (Å²) in [6.45, 7) is 2.66. The number of aliphatic hydroxyl groups excluding tert-OH is 1. The minimum atomic E-state index is -0.463. The smallest absolute Gasteiger partial charge is 0.237 e. The second-order valence-electron chi connectivity index (χ2n) is 8.25. The van der Waals surface area contributed by atoms with Gasteiger partial charge in [-0.05, 0) is 56.3 Å². The molecule has 0 bridgehead atoms. The molecule has 0 aromatic carbocycles. The molecule has 0 aromatic rings. The highest BCUT2D eigenvalue weighted by Gasteiger charge is 2.41. The second-order valence-corrected chi connectivity index (χ2v) is 8.25. The number of carbonyl (C=O) groups excluding carboxylic acids is 1. The van der Waals surface area contributed by atoms with Crippen molar-refractivity contribution in [2.24, 2.45) is 17.8 Å². The van der Waals surface area contributed by atoms with Crippen LogP contribution < -0.4 is 10.6 Å². The first-order chi connectivity index (χ1) is 11.6. The summed E-state index contributed by atoms with van der Waals surface area (Å²) < 4.78 is 5.43. The molecule has 2 aliphatic carbocycles. The van der Waals surface area contributed by atoms with Crippen LogP contribution in [0.25, 0.3) is 0 Å². The van der Waals surface area contributed by atoms with Gasteiger partial charge in [-0.3, -0.25) is 4.79 Å². The minimum Gasteiger partial charge on any atom is -0.391 e. The number of hydrogen-bond acceptors (Lipinski definition) is 4. The fourth-order valence-corrected chi connectivity index (χ4v) is 5.12. The van der Waals surface area contributed by atoms with Gasteiger partial charge >= 0.3 is 0 Å². The Morgan fingerprint density at radius 2 is 2.04 bits per heavy atom. The first-order valence-electron chi connectivity index (χ1n) is 9.83. The molecule has 1 aliphatic heterocycles. The molecule has 2 saturated carbocycles. The average molecular weight is 338 g/mol. The van der Waals surface area contributed by atoms with E-state index >= 15 is 0 Å². The van der Waals surface area contributed by atoms with E-state index in [0.29, 0.717) is 24.4 Å². The van der Waals surface area contributed by atoms with E-state index in [4.69, 9.17) is 4.74 Å². The largest absolute Gasteiger partial charge is 0.391 e. The average Bonchev–Trinajstić information content (AvgIpc) is 3.05. The molecule has 1 saturated heterocycles. The van der Waals surface area contributed by atoms with Crippen LogP contribution in [-0.4, -0.2) is 49.0 Å². The molecular formula is C19H34N2O3. The zero-order valence-electron chi connectivity index (χ0n) is 15.2. The van der Waals surface area contributed by atoms with Crippen LogP contribution in [0.5, 0.6) is 0 Å². The Balaban J connectivity index is 1.44. The number of methoxy groups -OCH3 is 1. The zero-order valence-corrected chi connectivity index (χ0v) is 15.2. The predicted molar refractivity (Wildman–Crippen MR) is 93.6 cm³/mol. The lowest BCUT2D eigenvalue weighted by Crippen LogP contribution is -2.47. The van der Waals surface area contributed by atoms with Crippen molar-refractivity contribution < 1.29 is 14.6 Å². The molecule has 3 rings (SSSR count). The maximum absolute atomic E-state index is 12.5. The number of hydrogen-bond donors (Lipinski definition) is 3. The third-order valence-electron chi connectivity index (χ3n) is 6.63. The molecular weight excluding hydrogens is 304 g/mol. The van der Waals surface area contributed by atoms with E-state index in [2.05, 4.69) is 17.6 Å². The van der Waals surface area contributed by atoms with Gasteiger partial charge in [0.1, 0.15) is 0 Å². The van der Waals surface area contributed by atoms with E-state index in [1.165, 1.54) is 19.3 Å². The third-order valence-corrected chi connectivity index (χ3v) is 6.63. The first kappa shape index (κ1) is 18.2. The van der Waals surface area contributed by atoms with E-state index in [1.807, 2.05) is 0 Å². The Kier molecular flexibility index (Phi) is 6.17. The molecule has 138 valence electrons. The van der Waals surface area contributed by atoms with Crippen molar-refractivity contribution in [3.05, 3.63) is 0 Å². The summed E-state index contributed by atoms with van der Waals surface area (Å²) >= 11 is 0. The van der Waals surface area contributed by atoms with Gasteiger partial charge in [-0.15, -0.1) is 0 Å². The van der Waals surface area contributed by atoms with Crippen molar-refractivity contribution in [1.82, 2.24) is 10.6 Å². The van der Waals surface area contributed by atoms with E-state index in [-0.39, 0.29) is 24.0 Å². The fourth-order valence-electron chi connectivity index (χ4n) is 5.12. The number of rotatable bonds is 5. The molecule has 3 aliphatic rings. The van der Waals surface area contributed by atoms with Crippen LogP contribution in [0.2, 0.25) is 0 Å². The van der Waals surface area contributed by atoms with Gasteiger partial charge in [-0.25, -0.2) is 0 Å². The van der Waals surface area contributed by atoms with E-state index in [1.54, 1.807) is 7.11 Å². The van der Waals surface area contributed by atoms with E-state index < -0.39 is 6.10 Å². The highest BCUT2D eigenvalue weighted by atomic mass is 16.5. The highest BCUT2D eigenvalue weighted by molar-refractivity contribution is 5.82. The van der Waals surface area contributed by atoms with Crippen molar-refractivity contribution in [3.8, 4) is 0 Å². The van der Waals surface area contributed by atoms with Crippen LogP contribution in [0.4, 0.5) is 0 Å². The van der Waals surface area contributed by atoms with Gasteiger partial charge in [0.25, 0.3) is 0 Å². The molecule has 7 unspecified atom stereocenters. The number of amides is 1. The topological polar surface area (TPSA) is 70.6 Å². The third kappa shape index (κ3) is 4.12. The van der Waals surface area contributed by atoms with Crippen LogP contribution in [-0.2, 0) is 9.53 Å². The van der Waals surface area contributed by atoms with Gasteiger partial charge in [0, 0.05) is 19.7 Å². The Labute approximate surface area is 145 Å². The Morgan fingerprint density at radius 3 is 2.79 bits per heavy atom. The van der Waals surface area contributed by atoms with Crippen LogP contribution in [0.15, 0.2) is 0 Å². The lowest BCUT2D eigenvalue weighted by atomic mass is 9.78. The molecule has 1 heterocycles. The van der Waals surface area contributed by atoms with Gasteiger partial charge in [-0.2, -0.15) is 0 Å². The quantitative estimate of drug-likeness (QED) is 0.715. The molecule has 0 radical (unpaired) electrons. The molecule has 5 heteroatoms. The summed E-state index contributed by atoms with van der Waals surface area (Å²) in [7, 11) is 1.74. The summed E-state index contributed by atoms with van der Waals surface area (Å²) in [5.74, 6) is 1.62. The summed E-state index contributed by atoms with van der Waals surface area (Å²) in [5.41, 5.74) is 0. The van der Waals surface area contributed by atoms with Crippen molar-refractivity contribution in [2.45, 2.75) is 82.6 Å². The Morgan fingerprint density at radius 1 is 1.25 bits per heavy atom. The number of nitrogens with one attached hydrogen (secondary N) is 2. The summed E-state index contributed by atoms with van der Waals surface area (Å²) in [6.07, 6.45) is 8.66. The monoisotopic (exact) mass is 338 g/mol. The van der Waals surface area contributed by atoms with Gasteiger partial charge in [0.15, 0.2) is 0 Å². The van der Waals surface area contributed by atoms with Gasteiger partial charge in [0.05, 0.1) is 18.2 Å². The molecule has 0 aromatic heterocycles. The lowest BCUT2D eigenvalue weighted by Gasteiger charge is -2.31. The van der Waals surface area contributed by atoms with Crippen molar-refractivity contribution in [3.63, 3.8) is 0 Å². The van der Waals surface area contributed by atoms with Crippen LogP contribution in [0.1, 0.15) is 58.3 Å². The Bertz CT molecular complexity index is 431. The maximum atomic E-state index is 12.5. The van der Waals surface area contributed by atoms with Crippen LogP contribution in [0, 0.1) is 17.8 Å². The maximum Gasteiger partial charge on any atom is 0.237 e. The number of aliphatic hydroxyl groups is 1. The van der Waals surface area contributed by atoms with E-state index in [9.17, 15) is 9.90 Å². The SMILES string of the molecule is COC1CCCC(C(O)CNC(=O)C2CC3CCCC(C)C3N2)C1. The molecule has 1 amide bonds. The summed E-state index contributed by atoms with van der Waals surface area (Å²) in [5, 5.41) is 17.0. The van der Waals surface area contributed by atoms with Crippen LogP contribution >= 0.6 is 0 Å². The number of ether oxygens (including phenoxy) is 1.